The third-order valence-corrected chi connectivity index (χ3v) is 4.79. The topological polar surface area (TPSA) is 49.4 Å². The molecule has 1 saturated carbocycles. The van der Waals surface area contributed by atoms with Crippen LogP contribution in [0.2, 0.25) is 0 Å². The first-order valence-electron chi connectivity index (χ1n) is 8.37. The van der Waals surface area contributed by atoms with Gasteiger partial charge in [0, 0.05) is 18.8 Å². The number of anilines is 1. The number of fused-ring (bicyclic) bond motifs is 1. The van der Waals surface area contributed by atoms with Gasteiger partial charge < -0.3 is 10.2 Å². The predicted octanol–water partition coefficient (Wildman–Crippen LogP) is 2.66. The monoisotopic (exact) mass is 300 g/mol. The molecule has 0 bridgehead atoms. The molecular weight excluding hydrogens is 276 g/mol. The largest absolute Gasteiger partial charge is 0.355 e. The molecule has 0 unspecified atom stereocenters. The Morgan fingerprint density at radius 2 is 2.00 bits per heavy atom. The number of hydrogen-bond acceptors (Lipinski definition) is 2. The minimum absolute atomic E-state index is 0.00885. The molecule has 0 aromatic heterocycles. The summed E-state index contributed by atoms with van der Waals surface area (Å²) in [5, 5.41) is 2.96. The van der Waals surface area contributed by atoms with E-state index in [9.17, 15) is 9.59 Å². The molecular formula is C18H24N2O2. The van der Waals surface area contributed by atoms with E-state index in [4.69, 9.17) is 0 Å². The van der Waals surface area contributed by atoms with Crippen LogP contribution in [-0.4, -0.2) is 24.9 Å². The van der Waals surface area contributed by atoms with Crippen LogP contribution in [0, 0.1) is 5.41 Å². The van der Waals surface area contributed by atoms with Crippen LogP contribution in [0.15, 0.2) is 24.3 Å². The lowest BCUT2D eigenvalue weighted by molar-refractivity contribution is -0.135. The first-order chi connectivity index (χ1) is 10.7. The smallest absolute Gasteiger partial charge is 0.242 e. The lowest BCUT2D eigenvalue weighted by atomic mass is 10.0. The Balaban J connectivity index is 1.66. The number of nitrogens with zero attached hydrogens (tertiary/aromatic N) is 1. The quantitative estimate of drug-likeness (QED) is 0.648. The Hall–Kier alpha value is -1.84. The van der Waals surface area contributed by atoms with E-state index in [1.165, 1.54) is 5.56 Å². The fourth-order valence-electron chi connectivity index (χ4n) is 3.22. The summed E-state index contributed by atoms with van der Waals surface area (Å²) < 4.78 is 0. The van der Waals surface area contributed by atoms with Crippen molar-refractivity contribution >= 4 is 17.5 Å². The maximum Gasteiger partial charge on any atom is 0.242 e. The summed E-state index contributed by atoms with van der Waals surface area (Å²) in [6, 6.07) is 8.00. The molecule has 3 rings (SSSR count). The molecule has 0 saturated heterocycles. The number of carbonyl (C=O) groups excluding carboxylic acids is 2. The Morgan fingerprint density at radius 3 is 2.73 bits per heavy atom. The molecule has 1 heterocycles. The average molecular weight is 300 g/mol. The first kappa shape index (κ1) is 15.1. The third-order valence-electron chi connectivity index (χ3n) is 4.79. The van der Waals surface area contributed by atoms with Crippen LogP contribution in [-0.2, 0) is 16.0 Å². The van der Waals surface area contributed by atoms with E-state index in [0.717, 1.165) is 31.4 Å². The summed E-state index contributed by atoms with van der Waals surface area (Å²) in [7, 11) is 0. The zero-order valence-electron chi connectivity index (χ0n) is 13.2. The van der Waals surface area contributed by atoms with E-state index in [0.29, 0.717) is 25.9 Å². The first-order valence-corrected chi connectivity index (χ1v) is 8.37. The molecule has 1 aliphatic carbocycles. The van der Waals surface area contributed by atoms with Crippen LogP contribution in [0.1, 0.15) is 44.6 Å². The second-order valence-corrected chi connectivity index (χ2v) is 6.38. The number of carbonyl (C=O) groups is 2. The summed E-state index contributed by atoms with van der Waals surface area (Å²) in [5.41, 5.74) is 1.40. The Kier molecular flexibility index (Phi) is 4.19. The molecule has 1 N–H and O–H groups in total. The van der Waals surface area contributed by atoms with Gasteiger partial charge in [0.25, 0.3) is 0 Å². The Bertz CT molecular complexity index is 578. The number of benzene rings is 1. The van der Waals surface area contributed by atoms with Crippen molar-refractivity contribution in [1.82, 2.24) is 5.32 Å². The van der Waals surface area contributed by atoms with E-state index in [-0.39, 0.29) is 11.8 Å². The summed E-state index contributed by atoms with van der Waals surface area (Å²) >= 11 is 0. The minimum atomic E-state index is -0.788. The molecule has 2 amide bonds. The highest BCUT2D eigenvalue weighted by molar-refractivity contribution is 6.14. The van der Waals surface area contributed by atoms with Crippen molar-refractivity contribution < 1.29 is 9.59 Å². The maximum absolute atomic E-state index is 12.9. The molecule has 1 fully saturated rings. The second-order valence-electron chi connectivity index (χ2n) is 6.38. The molecule has 22 heavy (non-hydrogen) atoms. The van der Waals surface area contributed by atoms with Gasteiger partial charge in [0.05, 0.1) is 0 Å². The predicted molar refractivity (Wildman–Crippen MR) is 86.7 cm³/mol. The molecule has 0 radical (unpaired) electrons. The molecule has 1 aromatic carbocycles. The van der Waals surface area contributed by atoms with Crippen LogP contribution in [0.5, 0.6) is 0 Å². The highest BCUT2D eigenvalue weighted by Crippen LogP contribution is 2.49. The van der Waals surface area contributed by atoms with Crippen LogP contribution >= 0.6 is 0 Å². The molecule has 2 aliphatic rings. The van der Waals surface area contributed by atoms with Gasteiger partial charge in [-0.15, -0.1) is 0 Å². The van der Waals surface area contributed by atoms with Gasteiger partial charge in [0.2, 0.25) is 11.8 Å². The van der Waals surface area contributed by atoms with Crippen molar-refractivity contribution in [2.24, 2.45) is 5.41 Å². The fourth-order valence-corrected chi connectivity index (χ4v) is 3.22. The van der Waals surface area contributed by atoms with Crippen LogP contribution in [0.3, 0.4) is 0 Å². The number of unbranched alkanes of at least 4 members (excludes halogenated alkanes) is 2. The van der Waals surface area contributed by atoms with Crippen molar-refractivity contribution in [2.75, 3.05) is 18.0 Å². The molecule has 0 atom stereocenters. The maximum atomic E-state index is 12.9. The number of hydrogen-bond donors (Lipinski definition) is 1. The van der Waals surface area contributed by atoms with Crippen molar-refractivity contribution in [3.05, 3.63) is 29.8 Å². The van der Waals surface area contributed by atoms with Gasteiger partial charge in [-0.05, 0) is 37.3 Å². The molecule has 1 aromatic rings. The van der Waals surface area contributed by atoms with E-state index in [1.807, 2.05) is 23.1 Å². The van der Waals surface area contributed by atoms with E-state index >= 15 is 0 Å². The van der Waals surface area contributed by atoms with Crippen molar-refractivity contribution in [3.8, 4) is 0 Å². The molecule has 4 heteroatoms. The zero-order valence-corrected chi connectivity index (χ0v) is 13.2. The lowest BCUT2D eigenvalue weighted by Crippen LogP contribution is -2.45. The van der Waals surface area contributed by atoms with Gasteiger partial charge in [0.1, 0.15) is 5.41 Å². The van der Waals surface area contributed by atoms with Crippen LogP contribution in [0.25, 0.3) is 0 Å². The molecule has 118 valence electrons. The normalized spacial score (nSPS) is 18.0. The van der Waals surface area contributed by atoms with Gasteiger partial charge in [-0.2, -0.15) is 0 Å². The SMILES string of the molecule is CCCCCNC(=O)C1(C(=O)N2CCc3ccccc32)CC1. The summed E-state index contributed by atoms with van der Waals surface area (Å²) in [4.78, 5) is 27.1. The highest BCUT2D eigenvalue weighted by atomic mass is 16.2. The van der Waals surface area contributed by atoms with Crippen molar-refractivity contribution in [1.29, 1.82) is 0 Å². The molecule has 4 nitrogen and oxygen atoms in total. The van der Waals surface area contributed by atoms with Crippen molar-refractivity contribution in [2.45, 2.75) is 45.4 Å². The zero-order chi connectivity index (χ0) is 15.6. The molecule has 0 spiro atoms. The Morgan fingerprint density at radius 1 is 1.23 bits per heavy atom. The Labute approximate surface area is 131 Å². The number of nitrogens with one attached hydrogen (secondary N) is 1. The van der Waals surface area contributed by atoms with E-state index in [2.05, 4.69) is 18.3 Å². The minimum Gasteiger partial charge on any atom is -0.355 e. The summed E-state index contributed by atoms with van der Waals surface area (Å²) in [6.07, 6.45) is 5.48. The average Bonchev–Trinajstić information content (AvgIpc) is 3.24. The van der Waals surface area contributed by atoms with Gasteiger partial charge in [-0.1, -0.05) is 38.0 Å². The van der Waals surface area contributed by atoms with E-state index in [1.54, 1.807) is 0 Å². The number of para-hydroxylation sites is 1. The van der Waals surface area contributed by atoms with Gasteiger partial charge in [-0.25, -0.2) is 0 Å². The number of amides is 2. The summed E-state index contributed by atoms with van der Waals surface area (Å²) in [6.45, 7) is 3.51. The van der Waals surface area contributed by atoms with E-state index < -0.39 is 5.41 Å². The van der Waals surface area contributed by atoms with Crippen LogP contribution < -0.4 is 10.2 Å². The number of rotatable bonds is 6. The van der Waals surface area contributed by atoms with Crippen molar-refractivity contribution in [3.63, 3.8) is 0 Å². The second kappa shape index (κ2) is 6.11. The van der Waals surface area contributed by atoms with Gasteiger partial charge >= 0.3 is 0 Å². The van der Waals surface area contributed by atoms with Crippen LogP contribution in [0.4, 0.5) is 5.69 Å². The lowest BCUT2D eigenvalue weighted by Gasteiger charge is -2.23. The third kappa shape index (κ3) is 2.62. The van der Waals surface area contributed by atoms with Gasteiger partial charge in [-0.3, -0.25) is 9.59 Å². The summed E-state index contributed by atoms with van der Waals surface area (Å²) in [5.74, 6) is -0.0802. The molecule has 1 aliphatic heterocycles. The van der Waals surface area contributed by atoms with Gasteiger partial charge in [0.15, 0.2) is 0 Å². The standard InChI is InChI=1S/C18H24N2O2/c1-2-3-6-12-19-16(21)18(10-11-18)17(22)20-13-9-14-7-4-5-8-15(14)20/h4-5,7-8H,2-3,6,9-13H2,1H3,(H,19,21). The fraction of sp³-hybridized carbons (Fsp3) is 0.556. The highest BCUT2D eigenvalue weighted by Gasteiger charge is 2.58.